The second kappa shape index (κ2) is 8.04. The third-order valence-electron chi connectivity index (χ3n) is 4.69. The minimum atomic E-state index is -4.69. The molecule has 8 nitrogen and oxygen atoms in total. The van der Waals surface area contributed by atoms with Gasteiger partial charge in [-0.05, 0) is 43.3 Å². The van der Waals surface area contributed by atoms with Crippen LogP contribution in [0.15, 0.2) is 48.0 Å². The van der Waals surface area contributed by atoms with E-state index in [9.17, 15) is 28.1 Å². The van der Waals surface area contributed by atoms with Crippen molar-refractivity contribution in [1.82, 2.24) is 14.8 Å². The molecule has 1 N–H and O–H groups in total. The van der Waals surface area contributed by atoms with Crippen molar-refractivity contribution in [2.24, 2.45) is 0 Å². The number of rotatable bonds is 5. The van der Waals surface area contributed by atoms with Gasteiger partial charge in [-0.3, -0.25) is 19.6 Å². The molecule has 0 radical (unpaired) electrons. The zero-order valence-electron chi connectivity index (χ0n) is 16.4. The number of hydrogen-bond acceptors (Lipinski definition) is 6. The van der Waals surface area contributed by atoms with Gasteiger partial charge in [-0.15, -0.1) is 11.3 Å². The van der Waals surface area contributed by atoms with Gasteiger partial charge in [-0.25, -0.2) is 4.98 Å². The number of carbonyl (C=O) groups is 1. The fraction of sp³-hybridized carbons (Fsp3) is 0.150. The summed E-state index contributed by atoms with van der Waals surface area (Å²) in [4.78, 5) is 27.7. The summed E-state index contributed by atoms with van der Waals surface area (Å²) in [6.45, 7) is 1.65. The molecular formula is C20H14F3N5O3S. The Balaban J connectivity index is 1.70. The van der Waals surface area contributed by atoms with Gasteiger partial charge in [0.1, 0.15) is 0 Å². The van der Waals surface area contributed by atoms with E-state index in [-0.39, 0.29) is 23.4 Å². The van der Waals surface area contributed by atoms with E-state index in [0.717, 1.165) is 21.5 Å². The maximum atomic E-state index is 13.1. The highest BCUT2D eigenvalue weighted by Crippen LogP contribution is 2.36. The number of benzene rings is 2. The largest absolute Gasteiger partial charge is 0.435 e. The van der Waals surface area contributed by atoms with Crippen LogP contribution in [0.5, 0.6) is 0 Å². The SMILES string of the molecule is CCn1nc(C(F)(F)F)cc1-c1ccc(C(=O)Nc2ccc3scnc3c2)cc1[N+](=O)[O-]. The smallest absolute Gasteiger partial charge is 0.322 e. The Kier molecular flexibility index (Phi) is 5.38. The minimum Gasteiger partial charge on any atom is -0.322 e. The Morgan fingerprint density at radius 2 is 2.00 bits per heavy atom. The number of halogens is 3. The molecule has 12 heteroatoms. The number of aryl methyl sites for hydroxylation is 1. The van der Waals surface area contributed by atoms with Crippen LogP contribution < -0.4 is 5.32 Å². The van der Waals surface area contributed by atoms with Gasteiger partial charge in [0.05, 0.1) is 31.9 Å². The lowest BCUT2D eigenvalue weighted by atomic mass is 10.0. The highest BCUT2D eigenvalue weighted by atomic mass is 32.1. The summed E-state index contributed by atoms with van der Waals surface area (Å²) in [6, 6.07) is 9.50. The number of amides is 1. The van der Waals surface area contributed by atoms with E-state index in [1.807, 2.05) is 0 Å². The average Bonchev–Trinajstić information content (AvgIpc) is 3.39. The van der Waals surface area contributed by atoms with Crippen molar-refractivity contribution in [3.05, 3.63) is 69.3 Å². The lowest BCUT2D eigenvalue weighted by Gasteiger charge is -2.09. The van der Waals surface area contributed by atoms with Gasteiger partial charge in [0.2, 0.25) is 0 Å². The number of nitrogens with one attached hydrogen (secondary N) is 1. The van der Waals surface area contributed by atoms with Crippen LogP contribution in [0, 0.1) is 10.1 Å². The molecule has 2 aromatic heterocycles. The highest BCUT2D eigenvalue weighted by molar-refractivity contribution is 7.16. The molecule has 4 aromatic rings. The molecule has 0 bridgehead atoms. The number of hydrogen-bond donors (Lipinski definition) is 1. The molecule has 0 saturated heterocycles. The number of anilines is 1. The van der Waals surface area contributed by atoms with Crippen molar-refractivity contribution in [2.75, 3.05) is 5.32 Å². The van der Waals surface area contributed by atoms with E-state index in [0.29, 0.717) is 11.2 Å². The van der Waals surface area contributed by atoms with E-state index < -0.39 is 28.4 Å². The van der Waals surface area contributed by atoms with Gasteiger partial charge in [0.25, 0.3) is 11.6 Å². The third-order valence-corrected chi connectivity index (χ3v) is 5.50. The molecule has 2 aromatic carbocycles. The maximum absolute atomic E-state index is 13.1. The fourth-order valence-corrected chi connectivity index (χ4v) is 3.85. The van der Waals surface area contributed by atoms with Crippen LogP contribution in [-0.4, -0.2) is 25.6 Å². The van der Waals surface area contributed by atoms with Crippen LogP contribution in [-0.2, 0) is 12.7 Å². The van der Waals surface area contributed by atoms with E-state index in [4.69, 9.17) is 0 Å². The number of fused-ring (bicyclic) bond motifs is 1. The number of aromatic nitrogens is 3. The lowest BCUT2D eigenvalue weighted by molar-refractivity contribution is -0.384. The molecule has 1 amide bonds. The molecule has 0 saturated carbocycles. The van der Waals surface area contributed by atoms with Crippen LogP contribution in [0.2, 0.25) is 0 Å². The molecule has 32 heavy (non-hydrogen) atoms. The second-order valence-corrected chi connectivity index (χ2v) is 7.59. The molecule has 2 heterocycles. The average molecular weight is 461 g/mol. The number of nitro benzene ring substituents is 1. The summed E-state index contributed by atoms with van der Waals surface area (Å²) < 4.78 is 41.2. The number of thiazole rings is 1. The molecule has 0 unspecified atom stereocenters. The Morgan fingerprint density at radius 3 is 2.69 bits per heavy atom. The minimum absolute atomic E-state index is 0.0163. The predicted molar refractivity (Wildman–Crippen MR) is 113 cm³/mol. The normalized spacial score (nSPS) is 11.6. The van der Waals surface area contributed by atoms with Crippen LogP contribution in [0.4, 0.5) is 24.5 Å². The molecule has 0 atom stereocenters. The number of alkyl halides is 3. The van der Waals surface area contributed by atoms with E-state index in [2.05, 4.69) is 15.4 Å². The third kappa shape index (κ3) is 4.04. The van der Waals surface area contributed by atoms with E-state index >= 15 is 0 Å². The Bertz CT molecular complexity index is 1350. The van der Waals surface area contributed by atoms with Crippen molar-refractivity contribution < 1.29 is 22.9 Å². The number of nitro groups is 1. The highest BCUT2D eigenvalue weighted by Gasteiger charge is 2.35. The summed E-state index contributed by atoms with van der Waals surface area (Å²) in [7, 11) is 0. The summed E-state index contributed by atoms with van der Waals surface area (Å²) in [6.07, 6.45) is -4.69. The van der Waals surface area contributed by atoms with Gasteiger partial charge in [0.15, 0.2) is 5.69 Å². The second-order valence-electron chi connectivity index (χ2n) is 6.71. The molecule has 0 fully saturated rings. The quantitative estimate of drug-likeness (QED) is 0.318. The topological polar surface area (TPSA) is 103 Å². The molecule has 0 spiro atoms. The molecule has 4 rings (SSSR count). The molecule has 0 aliphatic carbocycles. The van der Waals surface area contributed by atoms with Crippen LogP contribution in [0.3, 0.4) is 0 Å². The van der Waals surface area contributed by atoms with Gasteiger partial charge >= 0.3 is 6.18 Å². The zero-order valence-corrected chi connectivity index (χ0v) is 17.2. The Morgan fingerprint density at radius 1 is 1.22 bits per heavy atom. The fourth-order valence-electron chi connectivity index (χ4n) is 3.19. The number of carbonyl (C=O) groups excluding carboxylic acids is 1. The summed E-state index contributed by atoms with van der Waals surface area (Å²) >= 11 is 1.45. The molecular weight excluding hydrogens is 447 g/mol. The van der Waals surface area contributed by atoms with Gasteiger partial charge in [-0.2, -0.15) is 18.3 Å². The Labute approximate surface area is 182 Å². The molecule has 0 aliphatic rings. The number of nitrogens with zero attached hydrogens (tertiary/aromatic N) is 4. The Hall–Kier alpha value is -3.80. The lowest BCUT2D eigenvalue weighted by Crippen LogP contribution is -2.12. The first-order chi connectivity index (χ1) is 15.2. The first-order valence-corrected chi connectivity index (χ1v) is 10.1. The standard InChI is InChI=1S/C20H14F3N5O3S/c1-2-27-15(9-18(26-27)20(21,22)23)13-5-3-11(7-16(13)28(30)31)19(29)25-12-4-6-17-14(8-12)24-10-32-17/h3-10H,2H2,1H3,(H,25,29). The van der Waals surface area contributed by atoms with Crippen molar-refractivity contribution in [3.63, 3.8) is 0 Å². The van der Waals surface area contributed by atoms with Crippen LogP contribution in [0.1, 0.15) is 23.0 Å². The molecule has 0 aliphatic heterocycles. The van der Waals surface area contributed by atoms with E-state index in [1.54, 1.807) is 30.6 Å². The van der Waals surface area contributed by atoms with Crippen molar-refractivity contribution in [2.45, 2.75) is 19.6 Å². The van der Waals surface area contributed by atoms with Crippen molar-refractivity contribution in [1.29, 1.82) is 0 Å². The summed E-state index contributed by atoms with van der Waals surface area (Å²) in [5, 5.41) is 17.8. The molecule has 164 valence electrons. The summed E-state index contributed by atoms with van der Waals surface area (Å²) in [5.74, 6) is -0.603. The first-order valence-electron chi connectivity index (χ1n) is 9.26. The van der Waals surface area contributed by atoms with Crippen LogP contribution >= 0.6 is 11.3 Å². The van der Waals surface area contributed by atoms with Crippen molar-refractivity contribution in [3.8, 4) is 11.3 Å². The van der Waals surface area contributed by atoms with Crippen molar-refractivity contribution >= 4 is 38.8 Å². The maximum Gasteiger partial charge on any atom is 0.435 e. The van der Waals surface area contributed by atoms with Gasteiger partial charge in [0, 0.05) is 23.9 Å². The monoisotopic (exact) mass is 461 g/mol. The van der Waals surface area contributed by atoms with Gasteiger partial charge in [-0.1, -0.05) is 0 Å². The summed E-state index contributed by atoms with van der Waals surface area (Å²) in [5.41, 5.74) is 1.02. The van der Waals surface area contributed by atoms with E-state index in [1.165, 1.54) is 23.5 Å². The zero-order chi connectivity index (χ0) is 23.0. The predicted octanol–water partition coefficient (Wildman–Crippen LogP) is 5.36. The van der Waals surface area contributed by atoms with Crippen LogP contribution in [0.25, 0.3) is 21.5 Å². The first kappa shape index (κ1) is 21.4. The van der Waals surface area contributed by atoms with Gasteiger partial charge < -0.3 is 5.32 Å².